The number of hydrogen-bond acceptors (Lipinski definition) is 4. The third-order valence-electron chi connectivity index (χ3n) is 2.74. The monoisotopic (exact) mass is 240 g/mol. The number of amides is 1. The molecule has 1 aromatic rings. The van der Waals surface area contributed by atoms with Crippen molar-refractivity contribution in [1.29, 1.82) is 0 Å². The maximum absolute atomic E-state index is 10.9. The van der Waals surface area contributed by atoms with Crippen LogP contribution >= 0.6 is 11.3 Å². The minimum Gasteiger partial charge on any atom is -0.510 e. The highest BCUT2D eigenvalue weighted by molar-refractivity contribution is 7.09. The van der Waals surface area contributed by atoms with Gasteiger partial charge in [-0.15, -0.1) is 11.3 Å². The molecule has 16 heavy (non-hydrogen) atoms. The SMILES string of the molecule is CC1=C(O)CN(C(=O)O)CC1c1nccs1. The summed E-state index contributed by atoms with van der Waals surface area (Å²) in [5, 5.41) is 21.3. The quantitative estimate of drug-likeness (QED) is 0.788. The highest BCUT2D eigenvalue weighted by Gasteiger charge is 2.30. The Morgan fingerprint density at radius 2 is 2.44 bits per heavy atom. The Morgan fingerprint density at radius 1 is 1.69 bits per heavy atom. The van der Waals surface area contributed by atoms with Gasteiger partial charge in [0.1, 0.15) is 10.8 Å². The highest BCUT2D eigenvalue weighted by atomic mass is 32.1. The molecule has 1 atom stereocenters. The lowest BCUT2D eigenvalue weighted by molar-refractivity contribution is 0.135. The largest absolute Gasteiger partial charge is 0.510 e. The van der Waals surface area contributed by atoms with Crippen molar-refractivity contribution in [1.82, 2.24) is 9.88 Å². The molecular weight excluding hydrogens is 228 g/mol. The molecule has 6 heteroatoms. The van der Waals surface area contributed by atoms with Crippen molar-refractivity contribution in [2.24, 2.45) is 0 Å². The lowest BCUT2D eigenvalue weighted by atomic mass is 9.96. The topological polar surface area (TPSA) is 73.7 Å². The van der Waals surface area contributed by atoms with E-state index >= 15 is 0 Å². The molecule has 0 aliphatic carbocycles. The van der Waals surface area contributed by atoms with Gasteiger partial charge in [-0.3, -0.25) is 4.90 Å². The average molecular weight is 240 g/mol. The van der Waals surface area contributed by atoms with Crippen LogP contribution < -0.4 is 0 Å². The predicted molar refractivity (Wildman–Crippen MR) is 59.8 cm³/mol. The molecule has 0 bridgehead atoms. The van der Waals surface area contributed by atoms with Crippen molar-refractivity contribution in [3.8, 4) is 0 Å². The van der Waals surface area contributed by atoms with Gasteiger partial charge in [-0.2, -0.15) is 0 Å². The van der Waals surface area contributed by atoms with E-state index in [4.69, 9.17) is 5.11 Å². The number of carboxylic acid groups (broad SMARTS) is 1. The van der Waals surface area contributed by atoms with E-state index in [0.717, 1.165) is 10.6 Å². The van der Waals surface area contributed by atoms with Gasteiger partial charge < -0.3 is 10.2 Å². The molecule has 0 saturated heterocycles. The molecule has 0 radical (unpaired) electrons. The number of aliphatic hydroxyl groups is 1. The summed E-state index contributed by atoms with van der Waals surface area (Å²) in [5.74, 6) is 0.0127. The summed E-state index contributed by atoms with van der Waals surface area (Å²) in [4.78, 5) is 16.3. The molecule has 0 aromatic carbocycles. The maximum atomic E-state index is 10.9. The minimum absolute atomic E-state index is 0.0725. The van der Waals surface area contributed by atoms with Gasteiger partial charge in [0.2, 0.25) is 0 Å². The molecule has 0 saturated carbocycles. The standard InChI is InChI=1S/C10H12N2O3S/c1-6-7(9-11-2-3-16-9)4-12(10(14)15)5-8(6)13/h2-3,7,13H,4-5H2,1H3,(H,14,15). The molecule has 0 fully saturated rings. The van der Waals surface area contributed by atoms with Crippen LogP contribution in [0.15, 0.2) is 22.9 Å². The molecule has 2 N–H and O–H groups in total. The fourth-order valence-electron chi connectivity index (χ4n) is 1.74. The first-order valence-corrected chi connectivity index (χ1v) is 5.73. The number of aliphatic hydroxyl groups excluding tert-OH is 1. The second-order valence-electron chi connectivity index (χ2n) is 3.72. The fourth-order valence-corrected chi connectivity index (χ4v) is 2.54. The molecule has 0 spiro atoms. The van der Waals surface area contributed by atoms with Crippen LogP contribution in [-0.2, 0) is 0 Å². The third-order valence-corrected chi connectivity index (χ3v) is 3.63. The van der Waals surface area contributed by atoms with Gasteiger partial charge in [0.25, 0.3) is 0 Å². The molecule has 1 unspecified atom stereocenters. The zero-order chi connectivity index (χ0) is 11.7. The molecule has 86 valence electrons. The average Bonchev–Trinajstić information content (AvgIpc) is 2.74. The third kappa shape index (κ3) is 1.88. The van der Waals surface area contributed by atoms with Crippen molar-refractivity contribution in [2.75, 3.05) is 13.1 Å². The van der Waals surface area contributed by atoms with Crippen molar-refractivity contribution < 1.29 is 15.0 Å². The number of thiazole rings is 1. The Bertz CT molecular complexity index is 427. The van der Waals surface area contributed by atoms with Crippen LogP contribution in [-0.4, -0.2) is 39.3 Å². The summed E-state index contributed by atoms with van der Waals surface area (Å²) in [6, 6.07) is 0. The van der Waals surface area contributed by atoms with Crippen LogP contribution in [0.3, 0.4) is 0 Å². The lowest BCUT2D eigenvalue weighted by Gasteiger charge is -2.30. The van der Waals surface area contributed by atoms with E-state index in [1.807, 2.05) is 12.3 Å². The molecule has 1 aliphatic heterocycles. The molecule has 2 heterocycles. The van der Waals surface area contributed by atoms with E-state index in [1.54, 1.807) is 6.20 Å². The zero-order valence-electron chi connectivity index (χ0n) is 8.75. The Balaban J connectivity index is 2.31. The van der Waals surface area contributed by atoms with E-state index in [0.29, 0.717) is 6.54 Å². The van der Waals surface area contributed by atoms with Crippen LogP contribution in [0.2, 0.25) is 0 Å². The summed E-state index contributed by atoms with van der Waals surface area (Å²) < 4.78 is 0. The summed E-state index contributed by atoms with van der Waals surface area (Å²) >= 11 is 1.47. The van der Waals surface area contributed by atoms with Gasteiger partial charge in [-0.25, -0.2) is 9.78 Å². The van der Waals surface area contributed by atoms with Gasteiger partial charge in [-0.1, -0.05) is 0 Å². The molecular formula is C10H12N2O3S. The van der Waals surface area contributed by atoms with E-state index in [-0.39, 0.29) is 18.2 Å². The summed E-state index contributed by atoms with van der Waals surface area (Å²) in [7, 11) is 0. The van der Waals surface area contributed by atoms with Gasteiger partial charge in [0, 0.05) is 18.1 Å². The Labute approximate surface area is 96.7 Å². The minimum atomic E-state index is -1.01. The van der Waals surface area contributed by atoms with Crippen molar-refractivity contribution in [3.63, 3.8) is 0 Å². The summed E-state index contributed by atoms with van der Waals surface area (Å²) in [6.45, 7) is 2.25. The number of nitrogens with zero attached hydrogens (tertiary/aromatic N) is 2. The molecule has 5 nitrogen and oxygen atoms in total. The van der Waals surface area contributed by atoms with Crippen LogP contribution in [0.1, 0.15) is 17.8 Å². The van der Waals surface area contributed by atoms with E-state index in [2.05, 4.69) is 4.98 Å². The van der Waals surface area contributed by atoms with Crippen LogP contribution in [0.4, 0.5) is 4.79 Å². The zero-order valence-corrected chi connectivity index (χ0v) is 9.57. The normalized spacial score (nSPS) is 21.3. The highest BCUT2D eigenvalue weighted by Crippen LogP contribution is 2.31. The van der Waals surface area contributed by atoms with Crippen LogP contribution in [0.25, 0.3) is 0 Å². The molecule has 2 rings (SSSR count). The Kier molecular flexibility index (Phi) is 2.82. The Morgan fingerprint density at radius 3 is 3.00 bits per heavy atom. The molecule has 1 amide bonds. The summed E-state index contributed by atoms with van der Waals surface area (Å²) in [6.07, 6.45) is 0.671. The number of aromatic nitrogens is 1. The van der Waals surface area contributed by atoms with Gasteiger partial charge >= 0.3 is 6.09 Å². The second kappa shape index (κ2) is 4.13. The van der Waals surface area contributed by atoms with Gasteiger partial charge in [-0.05, 0) is 12.5 Å². The maximum Gasteiger partial charge on any atom is 0.407 e. The van der Waals surface area contributed by atoms with E-state index < -0.39 is 6.09 Å². The van der Waals surface area contributed by atoms with E-state index in [1.165, 1.54) is 16.2 Å². The summed E-state index contributed by atoms with van der Waals surface area (Å²) in [5.41, 5.74) is 0.812. The first kappa shape index (κ1) is 10.9. The smallest absolute Gasteiger partial charge is 0.407 e. The second-order valence-corrected chi connectivity index (χ2v) is 4.64. The van der Waals surface area contributed by atoms with Crippen LogP contribution in [0, 0.1) is 0 Å². The predicted octanol–water partition coefficient (Wildman–Crippen LogP) is 2.05. The number of rotatable bonds is 1. The van der Waals surface area contributed by atoms with Crippen molar-refractivity contribution in [2.45, 2.75) is 12.8 Å². The van der Waals surface area contributed by atoms with Crippen LogP contribution in [0.5, 0.6) is 0 Å². The first-order chi connectivity index (χ1) is 7.59. The fraction of sp³-hybridized carbons (Fsp3) is 0.400. The first-order valence-electron chi connectivity index (χ1n) is 4.85. The number of hydrogen-bond donors (Lipinski definition) is 2. The van der Waals surface area contributed by atoms with Crippen molar-refractivity contribution in [3.05, 3.63) is 27.9 Å². The van der Waals surface area contributed by atoms with Gasteiger partial charge in [0.15, 0.2) is 0 Å². The Hall–Kier alpha value is -1.56. The molecule has 1 aromatic heterocycles. The van der Waals surface area contributed by atoms with Crippen molar-refractivity contribution >= 4 is 17.4 Å². The molecule has 1 aliphatic rings. The van der Waals surface area contributed by atoms with Gasteiger partial charge in [0.05, 0.1) is 12.5 Å². The number of carbonyl (C=O) groups is 1. The lowest BCUT2D eigenvalue weighted by Crippen LogP contribution is -2.39. The van der Waals surface area contributed by atoms with E-state index in [9.17, 15) is 9.90 Å².